The van der Waals surface area contributed by atoms with E-state index in [9.17, 15) is 10.2 Å². The van der Waals surface area contributed by atoms with E-state index in [2.05, 4.69) is 15.3 Å². The monoisotopic (exact) mass is 363 g/mol. The molecule has 0 fully saturated rings. The van der Waals surface area contributed by atoms with E-state index < -0.39 is 0 Å². The number of phenols is 2. The summed E-state index contributed by atoms with van der Waals surface area (Å²) in [6.45, 7) is 1.97. The lowest BCUT2D eigenvalue weighted by molar-refractivity contribution is 0.465. The Hall–Kier alpha value is -3.12. The van der Waals surface area contributed by atoms with Gasteiger partial charge in [-0.25, -0.2) is 9.97 Å². The standard InChI is InChI=1S/C20H17N3O2S/c1-12(13-6-2-4-8-16(13)24)23-19-15-10-18(26-20(15)22-11-21-19)14-7-3-5-9-17(14)25/h2-12,24-25H,1H3,(H,21,22,23)/t12-/m0/s1. The van der Waals surface area contributed by atoms with Crippen LogP contribution in [0.4, 0.5) is 5.82 Å². The van der Waals surface area contributed by atoms with Crippen LogP contribution in [0.5, 0.6) is 11.5 Å². The highest BCUT2D eigenvalue weighted by Crippen LogP contribution is 2.39. The third-order valence-corrected chi connectivity index (χ3v) is 5.33. The molecule has 5 nitrogen and oxygen atoms in total. The molecule has 0 saturated heterocycles. The van der Waals surface area contributed by atoms with Crippen molar-refractivity contribution in [2.45, 2.75) is 13.0 Å². The van der Waals surface area contributed by atoms with E-state index >= 15 is 0 Å². The largest absolute Gasteiger partial charge is 0.508 e. The molecule has 6 heteroatoms. The van der Waals surface area contributed by atoms with Crippen LogP contribution in [0.15, 0.2) is 60.9 Å². The van der Waals surface area contributed by atoms with Crippen LogP contribution >= 0.6 is 11.3 Å². The highest BCUT2D eigenvalue weighted by atomic mass is 32.1. The van der Waals surface area contributed by atoms with Gasteiger partial charge in [0, 0.05) is 16.0 Å². The van der Waals surface area contributed by atoms with E-state index in [1.165, 1.54) is 17.7 Å². The van der Waals surface area contributed by atoms with Crippen molar-refractivity contribution in [2.75, 3.05) is 5.32 Å². The van der Waals surface area contributed by atoms with Gasteiger partial charge in [-0.1, -0.05) is 30.3 Å². The fourth-order valence-corrected chi connectivity index (χ4v) is 3.95. The molecule has 0 bridgehead atoms. The summed E-state index contributed by atoms with van der Waals surface area (Å²) in [5, 5.41) is 24.4. The molecule has 3 N–H and O–H groups in total. The number of thiophene rings is 1. The zero-order chi connectivity index (χ0) is 18.1. The Labute approximate surface area is 154 Å². The third kappa shape index (κ3) is 2.95. The molecule has 0 radical (unpaired) electrons. The van der Waals surface area contributed by atoms with E-state index in [-0.39, 0.29) is 17.5 Å². The summed E-state index contributed by atoms with van der Waals surface area (Å²) in [6, 6.07) is 16.3. The molecule has 26 heavy (non-hydrogen) atoms. The Morgan fingerprint density at radius 2 is 1.69 bits per heavy atom. The number of phenolic OH excluding ortho intramolecular Hbond substituents is 2. The molecule has 0 unspecified atom stereocenters. The minimum Gasteiger partial charge on any atom is -0.508 e. The van der Waals surface area contributed by atoms with Crippen molar-refractivity contribution < 1.29 is 10.2 Å². The Kier molecular flexibility index (Phi) is 4.18. The molecule has 0 aliphatic heterocycles. The van der Waals surface area contributed by atoms with Crippen molar-refractivity contribution in [3.05, 3.63) is 66.5 Å². The maximum atomic E-state index is 10.1. The quantitative estimate of drug-likeness (QED) is 0.478. The summed E-state index contributed by atoms with van der Waals surface area (Å²) >= 11 is 1.50. The lowest BCUT2D eigenvalue weighted by Crippen LogP contribution is -2.08. The van der Waals surface area contributed by atoms with Gasteiger partial charge in [0.15, 0.2) is 0 Å². The summed E-state index contributed by atoms with van der Waals surface area (Å²) in [5.74, 6) is 1.19. The number of benzene rings is 2. The van der Waals surface area contributed by atoms with E-state index in [1.54, 1.807) is 24.3 Å². The van der Waals surface area contributed by atoms with Gasteiger partial charge in [0.2, 0.25) is 0 Å². The second kappa shape index (κ2) is 6.65. The maximum Gasteiger partial charge on any atom is 0.138 e. The van der Waals surface area contributed by atoms with E-state index in [0.29, 0.717) is 5.82 Å². The molecule has 0 saturated carbocycles. The van der Waals surface area contributed by atoms with E-state index in [1.807, 2.05) is 37.3 Å². The topological polar surface area (TPSA) is 78.3 Å². The predicted molar refractivity (Wildman–Crippen MR) is 105 cm³/mol. The second-order valence-electron chi connectivity index (χ2n) is 5.99. The fraction of sp³-hybridized carbons (Fsp3) is 0.100. The zero-order valence-corrected chi connectivity index (χ0v) is 14.9. The van der Waals surface area contributed by atoms with Gasteiger partial charge in [-0.2, -0.15) is 0 Å². The molecule has 2 heterocycles. The van der Waals surface area contributed by atoms with E-state index in [4.69, 9.17) is 0 Å². The van der Waals surface area contributed by atoms with Crippen LogP contribution in [0.3, 0.4) is 0 Å². The van der Waals surface area contributed by atoms with Crippen LogP contribution in [0.1, 0.15) is 18.5 Å². The fourth-order valence-electron chi connectivity index (χ4n) is 2.92. The Morgan fingerprint density at radius 3 is 2.46 bits per heavy atom. The third-order valence-electron chi connectivity index (χ3n) is 4.26. The smallest absolute Gasteiger partial charge is 0.138 e. The molecule has 4 rings (SSSR count). The normalized spacial score (nSPS) is 12.2. The van der Waals surface area contributed by atoms with Crippen LogP contribution in [-0.2, 0) is 0 Å². The molecule has 4 aromatic rings. The summed E-state index contributed by atoms with van der Waals surface area (Å²) in [5.41, 5.74) is 1.57. The SMILES string of the molecule is C[C@H](Nc1ncnc2sc(-c3ccccc3O)cc12)c1ccccc1O. The summed E-state index contributed by atoms with van der Waals surface area (Å²) < 4.78 is 0. The van der Waals surface area contributed by atoms with Crippen molar-refractivity contribution in [3.63, 3.8) is 0 Å². The molecule has 2 aromatic heterocycles. The molecule has 1 atom stereocenters. The minimum absolute atomic E-state index is 0.122. The van der Waals surface area contributed by atoms with Crippen molar-refractivity contribution >= 4 is 27.4 Å². The van der Waals surface area contributed by atoms with Crippen molar-refractivity contribution in [3.8, 4) is 21.9 Å². The first-order chi connectivity index (χ1) is 12.6. The predicted octanol–water partition coefficient (Wildman–Crippen LogP) is 4.94. The maximum absolute atomic E-state index is 10.1. The Balaban J connectivity index is 1.73. The molecule has 2 aromatic carbocycles. The second-order valence-corrected chi connectivity index (χ2v) is 7.02. The highest BCUT2D eigenvalue weighted by molar-refractivity contribution is 7.22. The summed E-state index contributed by atoms with van der Waals surface area (Å²) in [7, 11) is 0. The number of nitrogens with zero attached hydrogens (tertiary/aromatic N) is 2. The van der Waals surface area contributed by atoms with Gasteiger partial charge in [0.1, 0.15) is 28.5 Å². The first-order valence-electron chi connectivity index (χ1n) is 8.21. The van der Waals surface area contributed by atoms with Gasteiger partial charge in [-0.15, -0.1) is 11.3 Å². The average Bonchev–Trinajstić information content (AvgIpc) is 3.07. The van der Waals surface area contributed by atoms with Crippen molar-refractivity contribution in [1.29, 1.82) is 0 Å². The van der Waals surface area contributed by atoms with Crippen molar-refractivity contribution in [1.82, 2.24) is 9.97 Å². The number of hydrogen-bond acceptors (Lipinski definition) is 6. The lowest BCUT2D eigenvalue weighted by atomic mass is 10.1. The Morgan fingerprint density at radius 1 is 0.962 bits per heavy atom. The number of fused-ring (bicyclic) bond motifs is 1. The summed E-state index contributed by atoms with van der Waals surface area (Å²) in [6.07, 6.45) is 1.52. The molecular weight excluding hydrogens is 346 g/mol. The molecule has 0 aliphatic rings. The van der Waals surface area contributed by atoms with Gasteiger partial charge in [-0.3, -0.25) is 0 Å². The minimum atomic E-state index is -0.122. The number of anilines is 1. The van der Waals surface area contributed by atoms with E-state index in [0.717, 1.165) is 26.2 Å². The Bertz CT molecular complexity index is 1080. The first-order valence-corrected chi connectivity index (χ1v) is 9.02. The number of rotatable bonds is 4. The van der Waals surface area contributed by atoms with Gasteiger partial charge < -0.3 is 15.5 Å². The van der Waals surface area contributed by atoms with Crippen LogP contribution < -0.4 is 5.32 Å². The highest BCUT2D eigenvalue weighted by Gasteiger charge is 2.15. The van der Waals surface area contributed by atoms with Crippen LogP contribution in [0.25, 0.3) is 20.7 Å². The van der Waals surface area contributed by atoms with Crippen molar-refractivity contribution in [2.24, 2.45) is 0 Å². The van der Waals surface area contributed by atoms with Crippen LogP contribution in [0.2, 0.25) is 0 Å². The molecule has 0 aliphatic carbocycles. The number of hydrogen-bond donors (Lipinski definition) is 3. The number of aromatic hydroxyl groups is 2. The number of nitrogens with one attached hydrogen (secondary N) is 1. The number of aromatic nitrogens is 2. The van der Waals surface area contributed by atoms with Crippen LogP contribution in [-0.4, -0.2) is 20.2 Å². The molecule has 130 valence electrons. The molecule has 0 spiro atoms. The lowest BCUT2D eigenvalue weighted by Gasteiger charge is -2.16. The number of para-hydroxylation sites is 2. The van der Waals surface area contributed by atoms with Gasteiger partial charge in [0.25, 0.3) is 0 Å². The van der Waals surface area contributed by atoms with Crippen LogP contribution in [0, 0.1) is 0 Å². The first kappa shape index (κ1) is 16.4. The zero-order valence-electron chi connectivity index (χ0n) is 14.0. The van der Waals surface area contributed by atoms with Gasteiger partial charge >= 0.3 is 0 Å². The average molecular weight is 363 g/mol. The van der Waals surface area contributed by atoms with Gasteiger partial charge in [-0.05, 0) is 31.2 Å². The molecule has 0 amide bonds. The molecular formula is C20H17N3O2S. The summed E-state index contributed by atoms with van der Waals surface area (Å²) in [4.78, 5) is 10.5. The van der Waals surface area contributed by atoms with Gasteiger partial charge in [0.05, 0.1) is 11.4 Å².